The van der Waals surface area contributed by atoms with Crippen LogP contribution < -0.4 is 5.56 Å². The topological polar surface area (TPSA) is 102 Å². The fourth-order valence-electron chi connectivity index (χ4n) is 3.67. The Balaban J connectivity index is 2.07. The summed E-state index contributed by atoms with van der Waals surface area (Å²) in [6, 6.07) is 12.3. The van der Waals surface area contributed by atoms with E-state index in [1.165, 1.54) is 28.8 Å². The number of amides is 1. The first-order chi connectivity index (χ1) is 15.2. The van der Waals surface area contributed by atoms with Crippen LogP contribution in [0.1, 0.15) is 35.6 Å². The Kier molecular flexibility index (Phi) is 6.99. The molecule has 3 aromatic rings. The van der Waals surface area contributed by atoms with E-state index in [-0.39, 0.29) is 17.2 Å². The van der Waals surface area contributed by atoms with Crippen LogP contribution in [-0.2, 0) is 7.05 Å². The zero-order valence-corrected chi connectivity index (χ0v) is 18.7. The Morgan fingerprint density at radius 1 is 1.12 bits per heavy atom. The molecule has 1 amide bonds. The largest absolute Gasteiger partial charge is 0.327 e. The van der Waals surface area contributed by atoms with Gasteiger partial charge in [-0.15, -0.1) is 0 Å². The smallest absolute Gasteiger partial charge is 0.269 e. The van der Waals surface area contributed by atoms with Crippen LogP contribution in [0.2, 0.25) is 0 Å². The van der Waals surface area contributed by atoms with Crippen LogP contribution in [0.15, 0.2) is 53.3 Å². The Bertz CT molecular complexity index is 1190. The molecule has 1 unspecified atom stereocenters. The minimum atomic E-state index is -0.498. The van der Waals surface area contributed by atoms with Gasteiger partial charge in [0.15, 0.2) is 0 Å². The first-order valence-electron chi connectivity index (χ1n) is 10.4. The van der Waals surface area contributed by atoms with Crippen molar-refractivity contribution in [1.29, 1.82) is 0 Å². The highest BCUT2D eigenvalue weighted by Crippen LogP contribution is 2.26. The zero-order valence-electron chi connectivity index (χ0n) is 18.7. The molecule has 1 heterocycles. The summed E-state index contributed by atoms with van der Waals surface area (Å²) >= 11 is 0. The number of rotatable bonds is 8. The Morgan fingerprint density at radius 3 is 2.38 bits per heavy atom. The summed E-state index contributed by atoms with van der Waals surface area (Å²) in [6.45, 7) is 2.96. The van der Waals surface area contributed by atoms with Crippen molar-refractivity contribution in [2.45, 2.75) is 19.4 Å². The van der Waals surface area contributed by atoms with Gasteiger partial charge in [-0.3, -0.25) is 24.3 Å². The fourth-order valence-corrected chi connectivity index (χ4v) is 3.67. The molecule has 3 rings (SSSR count). The number of hydrogen-bond donors (Lipinski definition) is 0. The number of fused-ring (bicyclic) bond motifs is 1. The van der Waals surface area contributed by atoms with Gasteiger partial charge >= 0.3 is 0 Å². The average molecular weight is 438 g/mol. The molecule has 32 heavy (non-hydrogen) atoms. The number of carbonyl (C=O) groups is 1. The standard InChI is InChI=1S/C23H27N5O4/c1-5-20(21-24-19-9-7-6-8-18(19)23(30)26(21)4)27(15-14-25(2)3)22(29)16-10-12-17(13-11-16)28(31)32/h6-13,20H,5,14-15H2,1-4H3. The summed E-state index contributed by atoms with van der Waals surface area (Å²) < 4.78 is 1.50. The van der Waals surface area contributed by atoms with Crippen LogP contribution in [0.25, 0.3) is 10.9 Å². The lowest BCUT2D eigenvalue weighted by atomic mass is 10.1. The predicted molar refractivity (Wildman–Crippen MR) is 123 cm³/mol. The molecule has 9 heteroatoms. The molecule has 0 fully saturated rings. The van der Waals surface area contributed by atoms with Crippen LogP contribution in [0.5, 0.6) is 0 Å². The van der Waals surface area contributed by atoms with Crippen LogP contribution in [0.4, 0.5) is 5.69 Å². The maximum absolute atomic E-state index is 13.5. The third-order valence-electron chi connectivity index (χ3n) is 5.45. The third-order valence-corrected chi connectivity index (χ3v) is 5.45. The molecule has 9 nitrogen and oxygen atoms in total. The lowest BCUT2D eigenvalue weighted by molar-refractivity contribution is -0.384. The van der Waals surface area contributed by atoms with Gasteiger partial charge in [0.2, 0.25) is 0 Å². The monoisotopic (exact) mass is 437 g/mol. The summed E-state index contributed by atoms with van der Waals surface area (Å²) in [7, 11) is 5.50. The molecule has 1 atom stereocenters. The van der Waals surface area contributed by atoms with Crippen molar-refractivity contribution in [3.05, 3.63) is 80.4 Å². The van der Waals surface area contributed by atoms with Crippen molar-refractivity contribution in [2.24, 2.45) is 7.05 Å². The van der Waals surface area contributed by atoms with Gasteiger partial charge in [0.1, 0.15) is 5.82 Å². The SMILES string of the molecule is CCC(c1nc2ccccc2c(=O)n1C)N(CCN(C)C)C(=O)c1ccc([N+](=O)[O-])cc1. The van der Waals surface area contributed by atoms with Crippen LogP contribution in [0, 0.1) is 10.1 Å². The summed E-state index contributed by atoms with van der Waals surface area (Å²) in [5.74, 6) is 0.237. The third kappa shape index (κ3) is 4.67. The lowest BCUT2D eigenvalue weighted by Gasteiger charge is -2.32. The van der Waals surface area contributed by atoms with E-state index in [1.807, 2.05) is 32.0 Å². The van der Waals surface area contributed by atoms with Crippen LogP contribution in [-0.4, -0.2) is 57.4 Å². The molecule has 168 valence electrons. The summed E-state index contributed by atoms with van der Waals surface area (Å²) in [6.07, 6.45) is 0.546. The highest BCUT2D eigenvalue weighted by Gasteiger charge is 2.28. The molecule has 2 aromatic carbocycles. The normalized spacial score (nSPS) is 12.2. The van der Waals surface area contributed by atoms with Crippen molar-refractivity contribution in [1.82, 2.24) is 19.4 Å². The van der Waals surface area contributed by atoms with Gasteiger partial charge < -0.3 is 9.80 Å². The molecule has 0 radical (unpaired) electrons. The fraction of sp³-hybridized carbons (Fsp3) is 0.348. The van der Waals surface area contributed by atoms with E-state index in [9.17, 15) is 19.7 Å². The molecule has 0 saturated carbocycles. The van der Waals surface area contributed by atoms with E-state index in [1.54, 1.807) is 30.1 Å². The second kappa shape index (κ2) is 9.69. The van der Waals surface area contributed by atoms with Crippen molar-refractivity contribution >= 4 is 22.5 Å². The maximum Gasteiger partial charge on any atom is 0.269 e. The summed E-state index contributed by atoms with van der Waals surface area (Å²) in [5, 5.41) is 11.5. The summed E-state index contributed by atoms with van der Waals surface area (Å²) in [4.78, 5) is 45.3. The van der Waals surface area contributed by atoms with Gasteiger partial charge in [0.25, 0.3) is 17.2 Å². The van der Waals surface area contributed by atoms with Gasteiger partial charge in [0.05, 0.1) is 21.9 Å². The van der Waals surface area contributed by atoms with Crippen LogP contribution in [0.3, 0.4) is 0 Å². The highest BCUT2D eigenvalue weighted by molar-refractivity contribution is 5.94. The van der Waals surface area contributed by atoms with E-state index in [2.05, 4.69) is 0 Å². The van der Waals surface area contributed by atoms with E-state index >= 15 is 0 Å². The van der Waals surface area contributed by atoms with Gasteiger partial charge in [-0.25, -0.2) is 4.98 Å². The molecular weight excluding hydrogens is 410 g/mol. The first-order valence-corrected chi connectivity index (χ1v) is 10.4. The average Bonchev–Trinajstić information content (AvgIpc) is 2.79. The van der Waals surface area contributed by atoms with Crippen LogP contribution >= 0.6 is 0 Å². The second-order valence-corrected chi connectivity index (χ2v) is 7.88. The number of para-hydroxylation sites is 1. The van der Waals surface area contributed by atoms with Crippen molar-refractivity contribution in [3.63, 3.8) is 0 Å². The molecule has 0 aliphatic rings. The number of aromatic nitrogens is 2. The number of carbonyl (C=O) groups excluding carboxylic acids is 1. The maximum atomic E-state index is 13.5. The van der Waals surface area contributed by atoms with Gasteiger partial charge in [-0.2, -0.15) is 0 Å². The van der Waals surface area contributed by atoms with E-state index in [0.717, 1.165) is 0 Å². The molecule has 0 saturated heterocycles. The Labute approximate surface area is 186 Å². The number of nitro groups is 1. The minimum Gasteiger partial charge on any atom is -0.327 e. The molecule has 0 spiro atoms. The van der Waals surface area contributed by atoms with Crippen molar-refractivity contribution < 1.29 is 9.72 Å². The van der Waals surface area contributed by atoms with Gasteiger partial charge in [-0.1, -0.05) is 19.1 Å². The second-order valence-electron chi connectivity index (χ2n) is 7.88. The first kappa shape index (κ1) is 23.1. The number of benzene rings is 2. The molecule has 1 aromatic heterocycles. The number of nitro benzene ring substituents is 1. The summed E-state index contributed by atoms with van der Waals surface area (Å²) in [5.41, 5.74) is 0.685. The van der Waals surface area contributed by atoms with Gasteiger partial charge in [-0.05, 0) is 44.8 Å². The molecule has 0 bridgehead atoms. The Morgan fingerprint density at radius 2 is 1.78 bits per heavy atom. The lowest BCUT2D eigenvalue weighted by Crippen LogP contribution is -2.41. The quantitative estimate of drug-likeness (QED) is 0.397. The zero-order chi connectivity index (χ0) is 23.4. The number of nitrogens with zero attached hydrogens (tertiary/aromatic N) is 5. The number of likely N-dealkylation sites (N-methyl/N-ethyl adjacent to an activating group) is 1. The highest BCUT2D eigenvalue weighted by atomic mass is 16.6. The molecule has 0 aliphatic carbocycles. The van der Waals surface area contributed by atoms with E-state index < -0.39 is 11.0 Å². The van der Waals surface area contributed by atoms with E-state index in [4.69, 9.17) is 4.98 Å². The molecule has 0 aliphatic heterocycles. The van der Waals surface area contributed by atoms with Crippen molar-refractivity contribution in [2.75, 3.05) is 27.2 Å². The number of hydrogen-bond acceptors (Lipinski definition) is 6. The minimum absolute atomic E-state index is 0.0768. The van der Waals surface area contributed by atoms with Gasteiger partial charge in [0, 0.05) is 37.8 Å². The van der Waals surface area contributed by atoms with E-state index in [0.29, 0.717) is 41.8 Å². The molecule has 0 N–H and O–H groups in total. The number of non-ortho nitro benzene ring substituents is 1. The predicted octanol–water partition coefficient (Wildman–Crippen LogP) is 3.00. The van der Waals surface area contributed by atoms with Crippen molar-refractivity contribution in [3.8, 4) is 0 Å². The molecular formula is C23H27N5O4. The Hall–Kier alpha value is -3.59.